The van der Waals surface area contributed by atoms with E-state index in [9.17, 15) is 13.2 Å². The monoisotopic (exact) mass is 440 g/mol. The zero-order chi connectivity index (χ0) is 22.2. The Balaban J connectivity index is 1.62. The van der Waals surface area contributed by atoms with Crippen LogP contribution in [0.3, 0.4) is 0 Å². The van der Waals surface area contributed by atoms with Crippen LogP contribution in [-0.2, 0) is 10.0 Å². The Labute approximate surface area is 181 Å². The number of aromatic nitrogens is 2. The third kappa shape index (κ3) is 4.32. The highest BCUT2D eigenvalue weighted by Crippen LogP contribution is 2.26. The number of aryl methyl sites for hydroxylation is 3. The van der Waals surface area contributed by atoms with Crippen LogP contribution >= 0.6 is 0 Å². The molecular weight excluding hydrogens is 416 g/mol. The molecule has 1 aliphatic heterocycles. The van der Waals surface area contributed by atoms with Gasteiger partial charge in [-0.2, -0.15) is 4.98 Å². The molecule has 1 aromatic heterocycles. The molecule has 0 saturated carbocycles. The van der Waals surface area contributed by atoms with Gasteiger partial charge in [0.15, 0.2) is 0 Å². The number of anilines is 1. The lowest BCUT2D eigenvalue weighted by Gasteiger charge is -2.12. The molecule has 1 amide bonds. The summed E-state index contributed by atoms with van der Waals surface area (Å²) in [5.41, 5.74) is 3.60. The number of carbonyl (C=O) groups is 1. The van der Waals surface area contributed by atoms with E-state index < -0.39 is 10.0 Å². The van der Waals surface area contributed by atoms with E-state index in [1.807, 2.05) is 19.9 Å². The first-order chi connectivity index (χ1) is 14.7. The summed E-state index contributed by atoms with van der Waals surface area (Å²) in [5.74, 6) is -0.215. The van der Waals surface area contributed by atoms with Crippen LogP contribution in [0, 0.1) is 20.8 Å². The fourth-order valence-electron chi connectivity index (χ4n) is 3.53. The van der Waals surface area contributed by atoms with Gasteiger partial charge in [-0.25, -0.2) is 8.42 Å². The SMILES string of the molecule is Cc1ccc(NS(=O)(=O)c2cc(-c3noc(C(=O)N4CCCC4)n3)ccc2C)cc1C. The molecule has 3 aromatic rings. The van der Waals surface area contributed by atoms with Gasteiger partial charge in [-0.05, 0) is 68.5 Å². The minimum absolute atomic E-state index is 0.0878. The zero-order valence-corrected chi connectivity index (χ0v) is 18.5. The van der Waals surface area contributed by atoms with E-state index in [2.05, 4.69) is 14.9 Å². The number of benzene rings is 2. The van der Waals surface area contributed by atoms with Crippen LogP contribution in [0.1, 0.15) is 40.2 Å². The summed E-state index contributed by atoms with van der Waals surface area (Å²) in [5, 5.41) is 3.89. The lowest BCUT2D eigenvalue weighted by Crippen LogP contribution is -2.27. The molecule has 0 aliphatic carbocycles. The van der Waals surface area contributed by atoms with Crippen molar-refractivity contribution < 1.29 is 17.7 Å². The first kappa shape index (κ1) is 21.0. The van der Waals surface area contributed by atoms with Gasteiger partial charge in [0.1, 0.15) is 0 Å². The molecule has 162 valence electrons. The lowest BCUT2D eigenvalue weighted by molar-refractivity contribution is 0.0743. The second-order valence-electron chi connectivity index (χ2n) is 7.81. The minimum Gasteiger partial charge on any atom is -0.334 e. The molecule has 0 radical (unpaired) electrons. The van der Waals surface area contributed by atoms with Gasteiger partial charge in [-0.1, -0.05) is 23.4 Å². The van der Waals surface area contributed by atoms with Gasteiger partial charge < -0.3 is 9.42 Å². The Morgan fingerprint density at radius 1 is 1.00 bits per heavy atom. The van der Waals surface area contributed by atoms with Gasteiger partial charge in [0.25, 0.3) is 10.0 Å². The Bertz CT molecular complexity index is 1240. The maximum Gasteiger partial charge on any atom is 0.316 e. The summed E-state index contributed by atoms with van der Waals surface area (Å²) in [6, 6.07) is 10.3. The van der Waals surface area contributed by atoms with E-state index in [-0.39, 0.29) is 22.5 Å². The molecule has 9 heteroatoms. The van der Waals surface area contributed by atoms with Crippen molar-refractivity contribution in [2.75, 3.05) is 17.8 Å². The van der Waals surface area contributed by atoms with E-state index in [4.69, 9.17) is 4.52 Å². The van der Waals surface area contributed by atoms with E-state index in [1.54, 1.807) is 36.1 Å². The van der Waals surface area contributed by atoms with Crippen molar-refractivity contribution >= 4 is 21.6 Å². The van der Waals surface area contributed by atoms with Crippen molar-refractivity contribution in [3.8, 4) is 11.4 Å². The number of nitrogens with zero attached hydrogens (tertiary/aromatic N) is 3. The summed E-state index contributed by atoms with van der Waals surface area (Å²) in [6.07, 6.45) is 1.92. The number of likely N-dealkylation sites (tertiary alicyclic amines) is 1. The van der Waals surface area contributed by atoms with E-state index in [1.165, 1.54) is 6.07 Å². The Morgan fingerprint density at radius 3 is 2.42 bits per heavy atom. The molecular formula is C22H24N4O4S. The largest absolute Gasteiger partial charge is 0.334 e. The van der Waals surface area contributed by atoms with Crippen LogP contribution in [0.4, 0.5) is 5.69 Å². The fraction of sp³-hybridized carbons (Fsp3) is 0.318. The number of carbonyl (C=O) groups excluding carboxylic acids is 1. The highest BCUT2D eigenvalue weighted by molar-refractivity contribution is 7.92. The van der Waals surface area contributed by atoms with Crippen LogP contribution < -0.4 is 4.72 Å². The quantitative estimate of drug-likeness (QED) is 0.649. The number of hydrogen-bond acceptors (Lipinski definition) is 6. The van der Waals surface area contributed by atoms with E-state index in [0.29, 0.717) is 29.9 Å². The second-order valence-corrected chi connectivity index (χ2v) is 9.46. The van der Waals surface area contributed by atoms with Crippen LogP contribution in [0.15, 0.2) is 45.8 Å². The number of nitrogens with one attached hydrogen (secondary N) is 1. The Hall–Kier alpha value is -3.20. The van der Waals surface area contributed by atoms with E-state index >= 15 is 0 Å². The van der Waals surface area contributed by atoms with Crippen molar-refractivity contribution in [3.05, 3.63) is 59.0 Å². The average Bonchev–Trinajstić information content (AvgIpc) is 3.42. The number of rotatable bonds is 5. The molecule has 0 bridgehead atoms. The normalized spacial score (nSPS) is 14.1. The molecule has 8 nitrogen and oxygen atoms in total. The van der Waals surface area contributed by atoms with Gasteiger partial charge in [0.2, 0.25) is 5.82 Å². The Kier molecular flexibility index (Phi) is 5.53. The predicted molar refractivity (Wildman–Crippen MR) is 116 cm³/mol. The highest BCUT2D eigenvalue weighted by Gasteiger charge is 2.26. The molecule has 31 heavy (non-hydrogen) atoms. The van der Waals surface area contributed by atoms with Crippen molar-refractivity contribution in [3.63, 3.8) is 0 Å². The molecule has 4 rings (SSSR count). The molecule has 1 N–H and O–H groups in total. The summed E-state index contributed by atoms with van der Waals surface area (Å²) in [6.45, 7) is 6.96. The maximum atomic E-state index is 13.1. The molecule has 0 atom stereocenters. The summed E-state index contributed by atoms with van der Waals surface area (Å²) < 4.78 is 33.9. The smallest absolute Gasteiger partial charge is 0.316 e. The first-order valence-corrected chi connectivity index (χ1v) is 11.6. The van der Waals surface area contributed by atoms with Crippen LogP contribution in [0.2, 0.25) is 0 Å². The Morgan fingerprint density at radius 2 is 1.71 bits per heavy atom. The van der Waals surface area contributed by atoms with Gasteiger partial charge >= 0.3 is 11.8 Å². The number of sulfonamides is 1. The predicted octanol–water partition coefficient (Wildman–Crippen LogP) is 3.70. The number of amides is 1. The highest BCUT2D eigenvalue weighted by atomic mass is 32.2. The summed E-state index contributed by atoms with van der Waals surface area (Å²) in [4.78, 5) is 18.4. The van der Waals surface area contributed by atoms with Gasteiger partial charge in [0, 0.05) is 24.3 Å². The van der Waals surface area contributed by atoms with Gasteiger partial charge in [-0.3, -0.25) is 9.52 Å². The summed E-state index contributed by atoms with van der Waals surface area (Å²) in [7, 11) is -3.84. The maximum absolute atomic E-state index is 13.1. The van der Waals surface area contributed by atoms with Crippen LogP contribution in [-0.4, -0.2) is 42.5 Å². The fourth-order valence-corrected chi connectivity index (χ4v) is 4.85. The second kappa shape index (κ2) is 8.14. The zero-order valence-electron chi connectivity index (χ0n) is 17.7. The molecule has 0 unspecified atom stereocenters. The average molecular weight is 441 g/mol. The third-order valence-corrected chi connectivity index (χ3v) is 7.02. The first-order valence-electron chi connectivity index (χ1n) is 10.1. The standard InChI is InChI=1S/C22H24N4O4S/c1-14-7-9-18(12-16(14)3)25-31(28,29)19-13-17(8-6-15(19)2)20-23-21(30-24-20)22(27)26-10-4-5-11-26/h6-9,12-13,25H,4-5,10-11H2,1-3H3. The topological polar surface area (TPSA) is 105 Å². The minimum atomic E-state index is -3.84. The number of hydrogen-bond donors (Lipinski definition) is 1. The summed E-state index contributed by atoms with van der Waals surface area (Å²) >= 11 is 0. The van der Waals surface area contributed by atoms with Crippen LogP contribution in [0.5, 0.6) is 0 Å². The van der Waals surface area contributed by atoms with Crippen molar-refractivity contribution in [1.82, 2.24) is 15.0 Å². The molecule has 1 saturated heterocycles. The van der Waals surface area contributed by atoms with Gasteiger partial charge in [-0.15, -0.1) is 0 Å². The van der Waals surface area contributed by atoms with Crippen molar-refractivity contribution in [2.45, 2.75) is 38.5 Å². The van der Waals surface area contributed by atoms with Crippen molar-refractivity contribution in [1.29, 1.82) is 0 Å². The van der Waals surface area contributed by atoms with Crippen molar-refractivity contribution in [2.24, 2.45) is 0 Å². The molecule has 2 heterocycles. The molecule has 1 fully saturated rings. The van der Waals surface area contributed by atoms with Crippen LogP contribution in [0.25, 0.3) is 11.4 Å². The lowest BCUT2D eigenvalue weighted by atomic mass is 10.1. The van der Waals surface area contributed by atoms with Gasteiger partial charge in [0.05, 0.1) is 4.90 Å². The molecule has 2 aromatic carbocycles. The van der Waals surface area contributed by atoms with E-state index in [0.717, 1.165) is 24.0 Å². The molecule has 0 spiro atoms. The molecule has 1 aliphatic rings. The third-order valence-electron chi connectivity index (χ3n) is 5.50.